The molecule has 4 nitrogen and oxygen atoms in total. The summed E-state index contributed by atoms with van der Waals surface area (Å²) in [6.07, 6.45) is 1.94. The van der Waals surface area contributed by atoms with E-state index in [1.807, 2.05) is 38.4 Å². The van der Waals surface area contributed by atoms with E-state index in [0.717, 1.165) is 27.1 Å². The van der Waals surface area contributed by atoms with Gasteiger partial charge in [-0.1, -0.05) is 12.2 Å². The summed E-state index contributed by atoms with van der Waals surface area (Å²) in [4.78, 5) is 0.381. The number of hydrogen-bond donors (Lipinski definition) is 2. The molecule has 0 radical (unpaired) electrons. The molecule has 0 bridgehead atoms. The van der Waals surface area contributed by atoms with Crippen molar-refractivity contribution in [3.05, 3.63) is 40.1 Å². The van der Waals surface area contributed by atoms with Gasteiger partial charge in [0.05, 0.1) is 11.4 Å². The number of halogens is 1. The number of nitrogens with one attached hydrogen (secondary N) is 1. The number of anilines is 2. The summed E-state index contributed by atoms with van der Waals surface area (Å²) in [5, 5.41) is 7.58. The van der Waals surface area contributed by atoms with Gasteiger partial charge in [-0.25, -0.2) is 0 Å². The summed E-state index contributed by atoms with van der Waals surface area (Å²) in [5.41, 5.74) is 9.33. The fraction of sp³-hybridized carbons (Fsp3) is 0.167. The maximum absolute atomic E-state index is 5.61. The Kier molecular flexibility index (Phi) is 3.68. The fourth-order valence-corrected chi connectivity index (χ4v) is 2.57. The van der Waals surface area contributed by atoms with Crippen LogP contribution in [0.15, 0.2) is 28.9 Å². The van der Waals surface area contributed by atoms with Crippen LogP contribution in [0.5, 0.6) is 0 Å². The lowest BCUT2D eigenvalue weighted by atomic mass is 10.2. The molecule has 0 saturated carbocycles. The van der Waals surface area contributed by atoms with Crippen LogP contribution in [-0.2, 0) is 7.05 Å². The number of aromatic nitrogens is 2. The van der Waals surface area contributed by atoms with Crippen LogP contribution in [0.25, 0.3) is 0 Å². The molecule has 94 valence electrons. The average molecular weight is 325 g/mol. The molecule has 0 unspecified atom stereocenters. The molecule has 0 amide bonds. The minimum absolute atomic E-state index is 0.381. The number of thiocarbonyl (C=S) groups is 1. The highest BCUT2D eigenvalue weighted by molar-refractivity contribution is 9.10. The molecule has 3 N–H and O–H groups in total. The highest BCUT2D eigenvalue weighted by atomic mass is 79.9. The van der Waals surface area contributed by atoms with Gasteiger partial charge in [0, 0.05) is 29.0 Å². The number of benzene rings is 1. The molecule has 0 aliphatic carbocycles. The largest absolute Gasteiger partial charge is 0.389 e. The number of aryl methyl sites for hydroxylation is 2. The lowest BCUT2D eigenvalue weighted by Crippen LogP contribution is -2.10. The van der Waals surface area contributed by atoms with Crippen molar-refractivity contribution in [1.29, 1.82) is 0 Å². The second-order valence-electron chi connectivity index (χ2n) is 3.99. The molecule has 0 aliphatic heterocycles. The Labute approximate surface area is 119 Å². The molecule has 1 heterocycles. The van der Waals surface area contributed by atoms with Crippen molar-refractivity contribution >= 4 is 44.5 Å². The molecule has 2 aromatic rings. The summed E-state index contributed by atoms with van der Waals surface area (Å²) in [5.74, 6) is 0. The summed E-state index contributed by atoms with van der Waals surface area (Å²) < 4.78 is 2.65. The molecule has 0 aliphatic rings. The third-order valence-corrected chi connectivity index (χ3v) is 3.40. The van der Waals surface area contributed by atoms with Crippen LogP contribution < -0.4 is 11.1 Å². The van der Waals surface area contributed by atoms with E-state index in [4.69, 9.17) is 18.0 Å². The van der Waals surface area contributed by atoms with Gasteiger partial charge in [0.15, 0.2) is 0 Å². The van der Waals surface area contributed by atoms with Gasteiger partial charge < -0.3 is 11.1 Å². The van der Waals surface area contributed by atoms with E-state index in [2.05, 4.69) is 26.3 Å². The zero-order valence-corrected chi connectivity index (χ0v) is 12.5. The molecule has 1 aromatic heterocycles. The van der Waals surface area contributed by atoms with Gasteiger partial charge in [-0.05, 0) is 41.1 Å². The Bertz CT molecular complexity index is 606. The summed E-state index contributed by atoms with van der Waals surface area (Å²) >= 11 is 8.42. The van der Waals surface area contributed by atoms with E-state index in [0.29, 0.717) is 4.99 Å². The van der Waals surface area contributed by atoms with Crippen LogP contribution in [0.4, 0.5) is 11.4 Å². The van der Waals surface area contributed by atoms with E-state index in [1.54, 1.807) is 4.68 Å². The van der Waals surface area contributed by atoms with Crippen LogP contribution in [0.2, 0.25) is 0 Å². The number of hydrogen-bond acceptors (Lipinski definition) is 3. The molecule has 6 heteroatoms. The van der Waals surface area contributed by atoms with Crippen molar-refractivity contribution in [3.63, 3.8) is 0 Å². The molecule has 1 aromatic carbocycles. The van der Waals surface area contributed by atoms with E-state index >= 15 is 0 Å². The zero-order valence-electron chi connectivity index (χ0n) is 10.1. The van der Waals surface area contributed by atoms with Crippen molar-refractivity contribution in [3.8, 4) is 0 Å². The third kappa shape index (κ3) is 2.70. The van der Waals surface area contributed by atoms with Gasteiger partial charge in [-0.3, -0.25) is 4.68 Å². The fourth-order valence-electron chi connectivity index (χ4n) is 1.67. The number of rotatable bonds is 3. The second kappa shape index (κ2) is 5.07. The number of nitrogens with two attached hydrogens (primary N) is 1. The Morgan fingerprint density at radius 3 is 2.72 bits per heavy atom. The van der Waals surface area contributed by atoms with E-state index in [-0.39, 0.29) is 0 Å². The van der Waals surface area contributed by atoms with Gasteiger partial charge in [0.1, 0.15) is 4.99 Å². The molecule has 2 rings (SSSR count). The molecular weight excluding hydrogens is 312 g/mol. The molecule has 18 heavy (non-hydrogen) atoms. The first-order valence-electron chi connectivity index (χ1n) is 5.34. The van der Waals surface area contributed by atoms with Crippen LogP contribution in [0.1, 0.15) is 11.3 Å². The summed E-state index contributed by atoms with van der Waals surface area (Å²) in [6, 6.07) is 5.77. The van der Waals surface area contributed by atoms with Crippen molar-refractivity contribution < 1.29 is 0 Å². The smallest absolute Gasteiger partial charge is 0.105 e. The van der Waals surface area contributed by atoms with Crippen molar-refractivity contribution in [2.24, 2.45) is 12.8 Å². The first-order valence-corrected chi connectivity index (χ1v) is 6.54. The van der Waals surface area contributed by atoms with Crippen molar-refractivity contribution in [2.75, 3.05) is 5.32 Å². The lowest BCUT2D eigenvalue weighted by molar-refractivity contribution is 0.756. The molecule has 0 atom stereocenters. The Balaban J connectivity index is 2.28. The average Bonchev–Trinajstić information content (AvgIpc) is 2.57. The predicted molar refractivity (Wildman–Crippen MR) is 81.3 cm³/mol. The molecule has 0 fully saturated rings. The van der Waals surface area contributed by atoms with Crippen LogP contribution in [0.3, 0.4) is 0 Å². The SMILES string of the molecule is Cc1nn(C)cc1Nc1ccc(C(N)=S)c(Br)c1. The third-order valence-electron chi connectivity index (χ3n) is 2.53. The second-order valence-corrected chi connectivity index (χ2v) is 5.28. The monoisotopic (exact) mass is 324 g/mol. The van der Waals surface area contributed by atoms with E-state index < -0.39 is 0 Å². The topological polar surface area (TPSA) is 55.9 Å². The normalized spacial score (nSPS) is 10.4. The van der Waals surface area contributed by atoms with Gasteiger partial charge in [0.25, 0.3) is 0 Å². The quantitative estimate of drug-likeness (QED) is 0.852. The van der Waals surface area contributed by atoms with Crippen molar-refractivity contribution in [2.45, 2.75) is 6.92 Å². The Morgan fingerprint density at radius 2 is 2.22 bits per heavy atom. The molecule has 0 spiro atoms. The highest BCUT2D eigenvalue weighted by Crippen LogP contribution is 2.25. The van der Waals surface area contributed by atoms with Gasteiger partial charge >= 0.3 is 0 Å². The van der Waals surface area contributed by atoms with Crippen molar-refractivity contribution in [1.82, 2.24) is 9.78 Å². The van der Waals surface area contributed by atoms with Gasteiger partial charge in [-0.15, -0.1) is 0 Å². The first-order chi connectivity index (χ1) is 8.47. The Hall–Kier alpha value is -1.40. The standard InChI is InChI=1S/C12H13BrN4S/c1-7-11(6-17(2)16-7)15-8-3-4-9(12(14)18)10(13)5-8/h3-6,15H,1-2H3,(H2,14,18). The van der Waals surface area contributed by atoms with Crippen LogP contribution in [0, 0.1) is 6.92 Å². The maximum Gasteiger partial charge on any atom is 0.105 e. The molecule has 0 saturated heterocycles. The lowest BCUT2D eigenvalue weighted by Gasteiger charge is -2.08. The Morgan fingerprint density at radius 1 is 1.50 bits per heavy atom. The highest BCUT2D eigenvalue weighted by Gasteiger charge is 2.06. The predicted octanol–water partition coefficient (Wildman–Crippen LogP) is 2.87. The summed E-state index contributed by atoms with van der Waals surface area (Å²) in [6.45, 7) is 1.96. The van der Waals surface area contributed by atoms with E-state index in [9.17, 15) is 0 Å². The minimum atomic E-state index is 0.381. The zero-order chi connectivity index (χ0) is 13.3. The minimum Gasteiger partial charge on any atom is -0.389 e. The van der Waals surface area contributed by atoms with Gasteiger partial charge in [0.2, 0.25) is 0 Å². The van der Waals surface area contributed by atoms with Crippen LogP contribution in [-0.4, -0.2) is 14.8 Å². The number of nitrogens with zero attached hydrogens (tertiary/aromatic N) is 2. The maximum atomic E-state index is 5.61. The molecular formula is C12H13BrN4S. The first kappa shape index (κ1) is 13.0. The van der Waals surface area contributed by atoms with Gasteiger partial charge in [-0.2, -0.15) is 5.10 Å². The summed E-state index contributed by atoms with van der Waals surface area (Å²) in [7, 11) is 1.89. The van der Waals surface area contributed by atoms with E-state index in [1.165, 1.54) is 0 Å². The van der Waals surface area contributed by atoms with Crippen LogP contribution >= 0.6 is 28.1 Å².